The van der Waals surface area contributed by atoms with Gasteiger partial charge in [0.15, 0.2) is 4.32 Å². The third-order valence-electron chi connectivity index (χ3n) is 3.07. The van der Waals surface area contributed by atoms with E-state index in [4.69, 9.17) is 12.2 Å². The summed E-state index contributed by atoms with van der Waals surface area (Å²) in [7, 11) is 0. The van der Waals surface area contributed by atoms with Gasteiger partial charge in [-0.25, -0.2) is 0 Å². The second-order valence-corrected chi connectivity index (χ2v) is 6.31. The summed E-state index contributed by atoms with van der Waals surface area (Å²) in [6.45, 7) is 2.03. The first-order chi connectivity index (χ1) is 10.1. The van der Waals surface area contributed by atoms with Gasteiger partial charge < -0.3 is 0 Å². The summed E-state index contributed by atoms with van der Waals surface area (Å²) < 4.78 is 0.534. The standard InChI is InChI=1S/C16H12N2OS2/c1-11-4-6-12(7-5-11)9-14-15(19)18(16(20)21-14)13-3-2-8-17-10-13/h2-10H,1H3/b14-9+. The van der Waals surface area contributed by atoms with Crippen molar-refractivity contribution >= 4 is 46.0 Å². The summed E-state index contributed by atoms with van der Waals surface area (Å²) >= 11 is 6.63. The van der Waals surface area contributed by atoms with Crippen molar-refractivity contribution in [2.75, 3.05) is 4.90 Å². The number of nitrogens with zero attached hydrogens (tertiary/aromatic N) is 2. The van der Waals surface area contributed by atoms with E-state index in [9.17, 15) is 4.79 Å². The molecule has 0 saturated carbocycles. The highest BCUT2D eigenvalue weighted by Gasteiger charge is 2.33. The normalized spacial score (nSPS) is 16.8. The molecule has 3 nitrogen and oxygen atoms in total. The molecular weight excluding hydrogens is 300 g/mol. The maximum Gasteiger partial charge on any atom is 0.270 e. The van der Waals surface area contributed by atoms with Crippen LogP contribution in [0, 0.1) is 6.92 Å². The van der Waals surface area contributed by atoms with Crippen LogP contribution in [0.4, 0.5) is 5.69 Å². The number of carbonyl (C=O) groups is 1. The van der Waals surface area contributed by atoms with E-state index in [1.54, 1.807) is 18.5 Å². The molecule has 2 heterocycles. The molecule has 0 spiro atoms. The second-order valence-electron chi connectivity index (χ2n) is 4.64. The van der Waals surface area contributed by atoms with Crippen LogP contribution in [0.1, 0.15) is 11.1 Å². The van der Waals surface area contributed by atoms with Crippen molar-refractivity contribution in [3.05, 3.63) is 64.8 Å². The third-order valence-corrected chi connectivity index (χ3v) is 4.38. The Bertz CT molecular complexity index is 724. The molecule has 5 heteroatoms. The Morgan fingerprint density at radius 2 is 2.00 bits per heavy atom. The van der Waals surface area contributed by atoms with Crippen molar-refractivity contribution in [3.63, 3.8) is 0 Å². The minimum absolute atomic E-state index is 0.0985. The molecule has 3 rings (SSSR count). The van der Waals surface area contributed by atoms with Crippen molar-refractivity contribution in [2.24, 2.45) is 0 Å². The van der Waals surface area contributed by atoms with Crippen LogP contribution in [0.3, 0.4) is 0 Å². The Morgan fingerprint density at radius 3 is 2.67 bits per heavy atom. The van der Waals surface area contributed by atoms with Gasteiger partial charge in [-0.15, -0.1) is 0 Å². The van der Waals surface area contributed by atoms with Crippen molar-refractivity contribution < 1.29 is 4.79 Å². The highest BCUT2D eigenvalue weighted by atomic mass is 32.2. The van der Waals surface area contributed by atoms with Crippen LogP contribution in [0.15, 0.2) is 53.7 Å². The first-order valence-corrected chi connectivity index (χ1v) is 7.62. The van der Waals surface area contributed by atoms with Crippen LogP contribution in [-0.4, -0.2) is 15.2 Å². The molecule has 1 aromatic heterocycles. The molecule has 104 valence electrons. The predicted octanol–water partition coefficient (Wildman–Crippen LogP) is 3.80. The topological polar surface area (TPSA) is 33.2 Å². The molecule has 0 bridgehead atoms. The van der Waals surface area contributed by atoms with Crippen molar-refractivity contribution in [2.45, 2.75) is 6.92 Å². The predicted molar refractivity (Wildman–Crippen MR) is 91.1 cm³/mol. The van der Waals surface area contributed by atoms with Crippen LogP contribution in [0.2, 0.25) is 0 Å². The Morgan fingerprint density at radius 1 is 1.24 bits per heavy atom. The number of carbonyl (C=O) groups excluding carboxylic acids is 1. The number of thioether (sulfide) groups is 1. The lowest BCUT2D eigenvalue weighted by Gasteiger charge is -2.13. The number of hydrogen-bond donors (Lipinski definition) is 0. The smallest absolute Gasteiger partial charge is 0.268 e. The number of aromatic nitrogens is 1. The molecule has 0 aliphatic carbocycles. The summed E-state index contributed by atoms with van der Waals surface area (Å²) in [5, 5.41) is 0. The summed E-state index contributed by atoms with van der Waals surface area (Å²) in [5.74, 6) is -0.0985. The van der Waals surface area contributed by atoms with Crippen LogP contribution in [0.25, 0.3) is 6.08 Å². The molecule has 1 amide bonds. The van der Waals surface area contributed by atoms with Gasteiger partial charge in [-0.05, 0) is 30.7 Å². The maximum absolute atomic E-state index is 12.5. The SMILES string of the molecule is Cc1ccc(/C=C2/SC(=S)N(c3cccnc3)C2=O)cc1. The lowest BCUT2D eigenvalue weighted by Crippen LogP contribution is -2.27. The number of rotatable bonds is 2. The molecular formula is C16H12N2OS2. The van der Waals surface area contributed by atoms with Crippen LogP contribution >= 0.6 is 24.0 Å². The van der Waals surface area contributed by atoms with Gasteiger partial charge in [-0.1, -0.05) is 53.8 Å². The number of pyridine rings is 1. The first-order valence-electron chi connectivity index (χ1n) is 6.40. The largest absolute Gasteiger partial charge is 0.270 e. The molecule has 1 fully saturated rings. The number of benzene rings is 1. The van der Waals surface area contributed by atoms with Gasteiger partial charge in [0, 0.05) is 6.20 Å². The van der Waals surface area contributed by atoms with Gasteiger partial charge in [0.1, 0.15) is 0 Å². The van der Waals surface area contributed by atoms with Crippen molar-refractivity contribution in [1.82, 2.24) is 4.98 Å². The number of thiocarbonyl (C=S) groups is 1. The average molecular weight is 312 g/mol. The maximum atomic E-state index is 12.5. The summed E-state index contributed by atoms with van der Waals surface area (Å²) in [6.07, 6.45) is 5.18. The van der Waals surface area contributed by atoms with E-state index in [0.29, 0.717) is 14.9 Å². The van der Waals surface area contributed by atoms with Gasteiger partial charge in [-0.2, -0.15) is 0 Å². The number of aryl methyl sites for hydroxylation is 1. The van der Waals surface area contributed by atoms with E-state index in [1.807, 2.05) is 43.3 Å². The molecule has 1 aromatic carbocycles. The van der Waals surface area contributed by atoms with Crippen molar-refractivity contribution in [3.8, 4) is 0 Å². The van der Waals surface area contributed by atoms with Gasteiger partial charge in [0.05, 0.1) is 16.8 Å². The molecule has 1 saturated heterocycles. The molecule has 0 atom stereocenters. The van der Waals surface area contributed by atoms with Gasteiger partial charge in [0.2, 0.25) is 0 Å². The van der Waals surface area contributed by atoms with E-state index in [-0.39, 0.29) is 5.91 Å². The van der Waals surface area contributed by atoms with E-state index >= 15 is 0 Å². The molecule has 0 N–H and O–H groups in total. The average Bonchev–Trinajstić information content (AvgIpc) is 2.77. The fourth-order valence-corrected chi connectivity index (χ4v) is 3.29. The number of hydrogen-bond acceptors (Lipinski definition) is 4. The zero-order valence-electron chi connectivity index (χ0n) is 11.3. The summed E-state index contributed by atoms with van der Waals surface area (Å²) in [6, 6.07) is 11.6. The van der Waals surface area contributed by atoms with Crippen LogP contribution in [-0.2, 0) is 4.79 Å². The molecule has 21 heavy (non-hydrogen) atoms. The number of anilines is 1. The van der Waals surface area contributed by atoms with Gasteiger partial charge in [-0.3, -0.25) is 14.7 Å². The first kappa shape index (κ1) is 14.0. The minimum atomic E-state index is -0.0985. The summed E-state index contributed by atoms with van der Waals surface area (Å²) in [5.41, 5.74) is 2.88. The van der Waals surface area contributed by atoms with E-state index in [2.05, 4.69) is 4.98 Å². The Balaban J connectivity index is 1.92. The highest BCUT2D eigenvalue weighted by molar-refractivity contribution is 8.27. The quantitative estimate of drug-likeness (QED) is 0.624. The third kappa shape index (κ3) is 2.89. The lowest BCUT2D eigenvalue weighted by molar-refractivity contribution is -0.113. The number of amides is 1. The molecule has 1 aliphatic heterocycles. The zero-order valence-corrected chi connectivity index (χ0v) is 12.9. The second kappa shape index (κ2) is 5.79. The van der Waals surface area contributed by atoms with E-state index < -0.39 is 0 Å². The molecule has 0 radical (unpaired) electrons. The van der Waals surface area contributed by atoms with Crippen LogP contribution < -0.4 is 4.90 Å². The van der Waals surface area contributed by atoms with Gasteiger partial charge in [0.25, 0.3) is 5.91 Å². The monoisotopic (exact) mass is 312 g/mol. The Hall–Kier alpha value is -1.98. The van der Waals surface area contributed by atoms with Gasteiger partial charge >= 0.3 is 0 Å². The lowest BCUT2D eigenvalue weighted by atomic mass is 10.1. The minimum Gasteiger partial charge on any atom is -0.268 e. The molecule has 0 unspecified atom stereocenters. The highest BCUT2D eigenvalue weighted by Crippen LogP contribution is 2.35. The fourth-order valence-electron chi connectivity index (χ4n) is 1.99. The van der Waals surface area contributed by atoms with Crippen molar-refractivity contribution in [1.29, 1.82) is 0 Å². The van der Waals surface area contributed by atoms with E-state index in [0.717, 1.165) is 5.56 Å². The Labute approximate surface area is 132 Å². The van der Waals surface area contributed by atoms with Crippen LogP contribution in [0.5, 0.6) is 0 Å². The summed E-state index contributed by atoms with van der Waals surface area (Å²) in [4.78, 5) is 18.7. The van der Waals surface area contributed by atoms with E-state index in [1.165, 1.54) is 22.2 Å². The molecule has 2 aromatic rings. The molecule has 1 aliphatic rings. The fraction of sp³-hybridized carbons (Fsp3) is 0.0625. The Kier molecular flexibility index (Phi) is 3.86. The zero-order chi connectivity index (χ0) is 14.8.